The van der Waals surface area contributed by atoms with Gasteiger partial charge in [0.25, 0.3) is 0 Å². The van der Waals surface area contributed by atoms with Crippen molar-refractivity contribution in [3.63, 3.8) is 0 Å². The summed E-state index contributed by atoms with van der Waals surface area (Å²) in [5, 5.41) is 6.41. The molecular formula is C13H25N3O. The number of hydrogen-bond donors (Lipinski definition) is 2. The average Bonchev–Trinajstić information content (AvgIpc) is 3.00. The third kappa shape index (κ3) is 4.28. The van der Waals surface area contributed by atoms with Gasteiger partial charge in [0.1, 0.15) is 0 Å². The van der Waals surface area contributed by atoms with Gasteiger partial charge in [-0.3, -0.25) is 9.69 Å². The molecule has 17 heavy (non-hydrogen) atoms. The fourth-order valence-electron chi connectivity index (χ4n) is 2.45. The lowest BCUT2D eigenvalue weighted by molar-refractivity contribution is -0.121. The zero-order valence-corrected chi connectivity index (χ0v) is 11.0. The second kappa shape index (κ2) is 5.83. The molecule has 2 rings (SSSR count). The monoisotopic (exact) mass is 239 g/mol. The van der Waals surface area contributed by atoms with Crippen LogP contribution in [0.15, 0.2) is 0 Å². The molecule has 0 bridgehead atoms. The van der Waals surface area contributed by atoms with E-state index in [1.807, 2.05) is 0 Å². The van der Waals surface area contributed by atoms with Crippen LogP contribution >= 0.6 is 0 Å². The minimum absolute atomic E-state index is 0.195. The molecule has 0 radical (unpaired) electrons. The molecule has 1 saturated heterocycles. The summed E-state index contributed by atoms with van der Waals surface area (Å²) < 4.78 is 0. The second-order valence-corrected chi connectivity index (χ2v) is 5.64. The van der Waals surface area contributed by atoms with Crippen molar-refractivity contribution < 1.29 is 4.79 Å². The summed E-state index contributed by atoms with van der Waals surface area (Å²) in [5.41, 5.74) is 0. The normalized spacial score (nSPS) is 25.5. The quantitative estimate of drug-likeness (QED) is 0.718. The molecular weight excluding hydrogens is 214 g/mol. The van der Waals surface area contributed by atoms with E-state index in [0.717, 1.165) is 25.6 Å². The number of carbonyl (C=O) groups is 1. The summed E-state index contributed by atoms with van der Waals surface area (Å²) in [6, 6.07) is 1.68. The van der Waals surface area contributed by atoms with E-state index >= 15 is 0 Å². The van der Waals surface area contributed by atoms with E-state index in [4.69, 9.17) is 0 Å². The van der Waals surface area contributed by atoms with Gasteiger partial charge in [-0.2, -0.15) is 0 Å². The molecule has 1 aliphatic heterocycles. The predicted octanol–water partition coefficient (Wildman–Crippen LogP) is 0.727. The highest BCUT2D eigenvalue weighted by Crippen LogP contribution is 2.29. The summed E-state index contributed by atoms with van der Waals surface area (Å²) in [5.74, 6) is 0.195. The lowest BCUT2D eigenvalue weighted by Gasteiger charge is -2.16. The van der Waals surface area contributed by atoms with Crippen LogP contribution in [-0.4, -0.2) is 48.6 Å². The van der Waals surface area contributed by atoms with Crippen molar-refractivity contribution in [3.8, 4) is 0 Å². The third-order valence-electron chi connectivity index (χ3n) is 3.55. The Morgan fingerprint density at radius 3 is 2.76 bits per heavy atom. The minimum Gasteiger partial charge on any atom is -0.352 e. The van der Waals surface area contributed by atoms with Crippen LogP contribution in [0.5, 0.6) is 0 Å². The first-order chi connectivity index (χ1) is 8.15. The van der Waals surface area contributed by atoms with Crippen LogP contribution in [0.4, 0.5) is 0 Å². The summed E-state index contributed by atoms with van der Waals surface area (Å²) in [6.45, 7) is 7.21. The maximum atomic E-state index is 11.7. The van der Waals surface area contributed by atoms with Gasteiger partial charge in [-0.15, -0.1) is 0 Å². The van der Waals surface area contributed by atoms with Crippen molar-refractivity contribution in [1.82, 2.24) is 15.5 Å². The molecule has 2 fully saturated rings. The first kappa shape index (κ1) is 12.8. The highest BCUT2D eigenvalue weighted by atomic mass is 16.1. The van der Waals surface area contributed by atoms with Crippen LogP contribution in [0.25, 0.3) is 0 Å². The lowest BCUT2D eigenvalue weighted by atomic mass is 10.2. The molecule has 1 atom stereocenters. The Bertz CT molecular complexity index is 263. The molecule has 1 heterocycles. The van der Waals surface area contributed by atoms with Crippen LogP contribution < -0.4 is 10.6 Å². The number of likely N-dealkylation sites (tertiary alicyclic amines) is 1. The summed E-state index contributed by atoms with van der Waals surface area (Å²) in [7, 11) is 0. The first-order valence-corrected chi connectivity index (χ1v) is 6.92. The molecule has 4 nitrogen and oxygen atoms in total. The van der Waals surface area contributed by atoms with E-state index in [2.05, 4.69) is 29.4 Å². The highest BCUT2D eigenvalue weighted by molar-refractivity contribution is 5.76. The zero-order valence-electron chi connectivity index (χ0n) is 11.0. The summed E-state index contributed by atoms with van der Waals surface area (Å²) >= 11 is 0. The van der Waals surface area contributed by atoms with Crippen molar-refractivity contribution in [1.29, 1.82) is 0 Å². The van der Waals surface area contributed by atoms with Gasteiger partial charge < -0.3 is 10.6 Å². The number of hydrogen-bond acceptors (Lipinski definition) is 3. The molecule has 0 spiro atoms. The predicted molar refractivity (Wildman–Crippen MR) is 68.9 cm³/mol. The lowest BCUT2D eigenvalue weighted by Crippen LogP contribution is -2.39. The van der Waals surface area contributed by atoms with E-state index < -0.39 is 0 Å². The standard InChI is InChI=1S/C13H25N3O/c1-10(2)14-7-5-13(17)15-11-6-8-16(9-11)12-3-4-12/h10-12,14H,3-9H2,1-2H3,(H,15,17). The van der Waals surface area contributed by atoms with Crippen molar-refractivity contribution in [2.75, 3.05) is 19.6 Å². The van der Waals surface area contributed by atoms with Crippen molar-refractivity contribution in [2.24, 2.45) is 0 Å². The Labute approximate surface area is 104 Å². The molecule has 4 heteroatoms. The Morgan fingerprint density at radius 1 is 1.35 bits per heavy atom. The molecule has 2 N–H and O–H groups in total. The van der Waals surface area contributed by atoms with Crippen LogP contribution in [0.1, 0.15) is 39.5 Å². The molecule has 0 aromatic heterocycles. The largest absolute Gasteiger partial charge is 0.352 e. The van der Waals surface area contributed by atoms with Gasteiger partial charge in [0.05, 0.1) is 0 Å². The van der Waals surface area contributed by atoms with Gasteiger partial charge >= 0.3 is 0 Å². The highest BCUT2D eigenvalue weighted by Gasteiger charge is 2.34. The summed E-state index contributed by atoms with van der Waals surface area (Å²) in [4.78, 5) is 14.2. The molecule has 1 aliphatic carbocycles. The van der Waals surface area contributed by atoms with E-state index in [0.29, 0.717) is 18.5 Å². The topological polar surface area (TPSA) is 44.4 Å². The van der Waals surface area contributed by atoms with Gasteiger partial charge in [0.15, 0.2) is 0 Å². The Balaban J connectivity index is 1.58. The van der Waals surface area contributed by atoms with Crippen LogP contribution in [0.2, 0.25) is 0 Å². The molecule has 1 saturated carbocycles. The average molecular weight is 239 g/mol. The Hall–Kier alpha value is -0.610. The third-order valence-corrected chi connectivity index (χ3v) is 3.55. The van der Waals surface area contributed by atoms with Crippen molar-refractivity contribution in [2.45, 2.75) is 57.7 Å². The van der Waals surface area contributed by atoms with Gasteiger partial charge in [-0.1, -0.05) is 13.8 Å². The molecule has 98 valence electrons. The molecule has 1 unspecified atom stereocenters. The number of carbonyl (C=O) groups excluding carboxylic acids is 1. The van der Waals surface area contributed by atoms with Crippen LogP contribution in [0.3, 0.4) is 0 Å². The maximum absolute atomic E-state index is 11.7. The van der Waals surface area contributed by atoms with E-state index in [1.54, 1.807) is 0 Å². The van der Waals surface area contributed by atoms with Gasteiger partial charge in [0.2, 0.25) is 5.91 Å². The van der Waals surface area contributed by atoms with Crippen LogP contribution in [-0.2, 0) is 4.79 Å². The fourth-order valence-corrected chi connectivity index (χ4v) is 2.45. The fraction of sp³-hybridized carbons (Fsp3) is 0.923. The van der Waals surface area contributed by atoms with E-state index in [-0.39, 0.29) is 5.91 Å². The number of nitrogens with one attached hydrogen (secondary N) is 2. The number of nitrogens with zero attached hydrogens (tertiary/aromatic N) is 1. The molecule has 0 aromatic rings. The molecule has 2 aliphatic rings. The maximum Gasteiger partial charge on any atom is 0.221 e. The first-order valence-electron chi connectivity index (χ1n) is 6.92. The Morgan fingerprint density at radius 2 is 2.12 bits per heavy atom. The molecule has 0 aromatic carbocycles. The van der Waals surface area contributed by atoms with Crippen molar-refractivity contribution in [3.05, 3.63) is 0 Å². The van der Waals surface area contributed by atoms with Crippen LogP contribution in [0, 0.1) is 0 Å². The summed E-state index contributed by atoms with van der Waals surface area (Å²) in [6.07, 6.45) is 4.44. The SMILES string of the molecule is CC(C)NCCC(=O)NC1CCN(C2CC2)C1. The van der Waals surface area contributed by atoms with Gasteiger partial charge in [0, 0.05) is 44.2 Å². The van der Waals surface area contributed by atoms with E-state index in [1.165, 1.54) is 19.4 Å². The van der Waals surface area contributed by atoms with Gasteiger partial charge in [-0.25, -0.2) is 0 Å². The van der Waals surface area contributed by atoms with Crippen molar-refractivity contribution >= 4 is 5.91 Å². The zero-order chi connectivity index (χ0) is 12.3. The molecule has 1 amide bonds. The Kier molecular flexibility index (Phi) is 4.40. The van der Waals surface area contributed by atoms with E-state index in [9.17, 15) is 4.79 Å². The minimum atomic E-state index is 0.195. The smallest absolute Gasteiger partial charge is 0.221 e. The second-order valence-electron chi connectivity index (χ2n) is 5.64. The number of rotatable bonds is 6. The number of amides is 1. The van der Waals surface area contributed by atoms with Gasteiger partial charge in [-0.05, 0) is 19.3 Å².